The number of allylic oxidation sites excluding steroid dienone is 3. The predicted molar refractivity (Wildman–Crippen MR) is 103 cm³/mol. The molecule has 2 aliphatic heterocycles. The number of carbonyl (C=O) groups is 1. The Bertz CT molecular complexity index is 662. The first-order valence-corrected chi connectivity index (χ1v) is 10.0. The van der Waals surface area contributed by atoms with Crippen molar-refractivity contribution in [3.63, 3.8) is 0 Å². The summed E-state index contributed by atoms with van der Waals surface area (Å²) >= 11 is 0. The number of aliphatic hydroxyl groups excluding tert-OH is 1. The van der Waals surface area contributed by atoms with Gasteiger partial charge in [-0.3, -0.25) is 0 Å². The summed E-state index contributed by atoms with van der Waals surface area (Å²) in [6, 6.07) is 0. The van der Waals surface area contributed by atoms with E-state index in [1.165, 1.54) is 11.6 Å². The van der Waals surface area contributed by atoms with Crippen LogP contribution in [-0.2, 0) is 19.0 Å². The zero-order chi connectivity index (χ0) is 19.8. The van der Waals surface area contributed by atoms with Gasteiger partial charge in [-0.25, -0.2) is 4.79 Å². The second-order valence-corrected chi connectivity index (χ2v) is 8.44. The monoisotopic (exact) mass is 376 g/mol. The number of fused-ring (bicyclic) bond motifs is 1. The first-order valence-electron chi connectivity index (χ1n) is 10.0. The van der Waals surface area contributed by atoms with Crippen LogP contribution in [0.15, 0.2) is 35.6 Å². The van der Waals surface area contributed by atoms with Gasteiger partial charge in [0, 0.05) is 5.92 Å². The number of hydrogen-bond donors (Lipinski definition) is 1. The molecule has 1 saturated heterocycles. The largest absolute Gasteiger partial charge is 0.480 e. The number of esters is 1. The average molecular weight is 376 g/mol. The third-order valence-corrected chi connectivity index (χ3v) is 6.32. The lowest BCUT2D eigenvalue weighted by atomic mass is 9.64. The van der Waals surface area contributed by atoms with Gasteiger partial charge >= 0.3 is 5.97 Å². The molecule has 5 heteroatoms. The Morgan fingerprint density at radius 2 is 2.22 bits per heavy atom. The Morgan fingerprint density at radius 3 is 2.89 bits per heavy atom. The van der Waals surface area contributed by atoms with Crippen molar-refractivity contribution in [2.24, 2.45) is 23.7 Å². The minimum atomic E-state index is -0.809. The van der Waals surface area contributed by atoms with E-state index in [0.29, 0.717) is 24.2 Å². The van der Waals surface area contributed by atoms with E-state index in [2.05, 4.69) is 26.8 Å². The summed E-state index contributed by atoms with van der Waals surface area (Å²) in [4.78, 5) is 11.7. The summed E-state index contributed by atoms with van der Waals surface area (Å²) in [6.45, 7) is 10.6. The van der Waals surface area contributed by atoms with Crippen LogP contribution in [0, 0.1) is 23.7 Å². The van der Waals surface area contributed by atoms with Crippen LogP contribution in [0.2, 0.25) is 0 Å². The van der Waals surface area contributed by atoms with Gasteiger partial charge in [0.1, 0.15) is 11.9 Å². The van der Waals surface area contributed by atoms with E-state index < -0.39 is 17.9 Å². The maximum atomic E-state index is 11.7. The first-order chi connectivity index (χ1) is 12.7. The molecule has 1 N–H and O–H groups in total. The zero-order valence-electron chi connectivity index (χ0n) is 17.0. The van der Waals surface area contributed by atoms with Gasteiger partial charge in [0.25, 0.3) is 0 Å². The smallest absolute Gasteiger partial charge is 0.334 e. The van der Waals surface area contributed by atoms with E-state index in [1.54, 1.807) is 13.0 Å². The Morgan fingerprint density at radius 1 is 1.48 bits per heavy atom. The van der Waals surface area contributed by atoms with Crippen LogP contribution in [0.5, 0.6) is 0 Å². The van der Waals surface area contributed by atoms with Gasteiger partial charge in [0.15, 0.2) is 11.9 Å². The van der Waals surface area contributed by atoms with Gasteiger partial charge in [0.05, 0.1) is 12.7 Å². The summed E-state index contributed by atoms with van der Waals surface area (Å²) in [5.74, 6) is 1.36. The van der Waals surface area contributed by atoms with Crippen LogP contribution in [-0.4, -0.2) is 35.7 Å². The van der Waals surface area contributed by atoms with Crippen LogP contribution in [0.25, 0.3) is 0 Å². The third-order valence-electron chi connectivity index (χ3n) is 6.32. The summed E-state index contributed by atoms with van der Waals surface area (Å²) in [6.07, 6.45) is 8.06. The maximum Gasteiger partial charge on any atom is 0.334 e. The van der Waals surface area contributed by atoms with E-state index in [1.807, 2.05) is 13.0 Å². The molecular formula is C22H32O5. The van der Waals surface area contributed by atoms with Crippen molar-refractivity contribution >= 4 is 5.97 Å². The number of rotatable bonds is 4. The molecule has 27 heavy (non-hydrogen) atoms. The molecule has 0 aromatic heterocycles. The van der Waals surface area contributed by atoms with Crippen LogP contribution in [0.4, 0.5) is 0 Å². The minimum absolute atomic E-state index is 0.120. The summed E-state index contributed by atoms with van der Waals surface area (Å²) < 4.78 is 17.1. The molecule has 3 rings (SSSR count). The minimum Gasteiger partial charge on any atom is -0.480 e. The van der Waals surface area contributed by atoms with E-state index in [4.69, 9.17) is 14.2 Å². The molecule has 1 fully saturated rings. The second-order valence-electron chi connectivity index (χ2n) is 8.44. The Balaban J connectivity index is 1.76. The van der Waals surface area contributed by atoms with Gasteiger partial charge in [-0.15, -0.1) is 0 Å². The fraction of sp³-hybridized carbons (Fsp3) is 0.682. The molecule has 150 valence electrons. The van der Waals surface area contributed by atoms with Gasteiger partial charge in [-0.05, 0) is 63.5 Å². The standard InChI is InChI=1S/C22H32O5/c1-6-25-19(23)11-15-9-10-22(5,27-15)18-12-17-14(4)7-8-16(13(2)3)20(17)21(24)26-18/h7,9-11,13,16-18,20-21,24H,6,8,12H2,1-5H3/b15-11+/t16-,17+,18-,20-,21-,22?/m1/s1. The van der Waals surface area contributed by atoms with Crippen LogP contribution < -0.4 is 0 Å². The molecule has 3 aliphatic rings. The maximum absolute atomic E-state index is 11.7. The molecule has 0 aromatic carbocycles. The first kappa shape index (κ1) is 20.2. The third kappa shape index (κ3) is 3.99. The molecule has 1 unspecified atom stereocenters. The highest BCUT2D eigenvalue weighted by Gasteiger charge is 2.50. The van der Waals surface area contributed by atoms with E-state index in [9.17, 15) is 9.90 Å². The second kappa shape index (κ2) is 7.80. The molecule has 5 nitrogen and oxygen atoms in total. The lowest BCUT2D eigenvalue weighted by Crippen LogP contribution is -2.53. The normalized spacial score (nSPS) is 39.9. The van der Waals surface area contributed by atoms with Gasteiger partial charge < -0.3 is 19.3 Å². The van der Waals surface area contributed by atoms with Crippen molar-refractivity contribution in [2.45, 2.75) is 65.5 Å². The SMILES string of the molecule is CCOC(=O)/C=C1\C=CC(C)([C@H]2C[C@H]3C(C)=CC[C@H](C(C)C)[C@H]3[C@H](O)O2)O1. The van der Waals surface area contributed by atoms with Crippen molar-refractivity contribution < 1.29 is 24.1 Å². The average Bonchev–Trinajstić information content (AvgIpc) is 2.97. The van der Waals surface area contributed by atoms with Gasteiger partial charge in [-0.2, -0.15) is 0 Å². The quantitative estimate of drug-likeness (QED) is 0.460. The number of ether oxygens (including phenoxy) is 3. The molecule has 0 spiro atoms. The highest BCUT2D eigenvalue weighted by molar-refractivity contribution is 5.83. The molecule has 0 radical (unpaired) electrons. The van der Waals surface area contributed by atoms with E-state index in [-0.39, 0.29) is 17.9 Å². The highest BCUT2D eigenvalue weighted by Crippen LogP contribution is 2.49. The van der Waals surface area contributed by atoms with E-state index in [0.717, 1.165) is 12.8 Å². The Kier molecular flexibility index (Phi) is 5.82. The predicted octanol–water partition coefficient (Wildman–Crippen LogP) is 3.74. The fourth-order valence-electron chi connectivity index (χ4n) is 4.74. The van der Waals surface area contributed by atoms with Gasteiger partial charge in [0.2, 0.25) is 0 Å². The van der Waals surface area contributed by atoms with Crippen molar-refractivity contribution in [3.8, 4) is 0 Å². The highest BCUT2D eigenvalue weighted by atomic mass is 16.6. The number of carbonyl (C=O) groups excluding carboxylic acids is 1. The molecular weight excluding hydrogens is 344 g/mol. The summed E-state index contributed by atoms with van der Waals surface area (Å²) in [5, 5.41) is 10.9. The zero-order valence-corrected chi connectivity index (χ0v) is 17.0. The van der Waals surface area contributed by atoms with Crippen molar-refractivity contribution in [2.75, 3.05) is 6.61 Å². The Labute approximate surface area is 162 Å². The van der Waals surface area contributed by atoms with Crippen molar-refractivity contribution in [3.05, 3.63) is 35.6 Å². The van der Waals surface area contributed by atoms with Gasteiger partial charge in [-0.1, -0.05) is 25.5 Å². The molecule has 0 amide bonds. The van der Waals surface area contributed by atoms with Crippen molar-refractivity contribution in [1.82, 2.24) is 0 Å². The van der Waals surface area contributed by atoms with Crippen LogP contribution >= 0.6 is 0 Å². The molecule has 0 saturated carbocycles. The lowest BCUT2D eigenvalue weighted by Gasteiger charge is -2.49. The lowest BCUT2D eigenvalue weighted by molar-refractivity contribution is -0.251. The van der Waals surface area contributed by atoms with Crippen molar-refractivity contribution in [1.29, 1.82) is 0 Å². The fourth-order valence-corrected chi connectivity index (χ4v) is 4.74. The topological polar surface area (TPSA) is 65.0 Å². The molecule has 2 heterocycles. The summed E-state index contributed by atoms with van der Waals surface area (Å²) in [7, 11) is 0. The van der Waals surface area contributed by atoms with Crippen LogP contribution in [0.3, 0.4) is 0 Å². The molecule has 0 bridgehead atoms. The number of aliphatic hydroxyl groups is 1. The summed E-state index contributed by atoms with van der Waals surface area (Å²) in [5.41, 5.74) is 0.618. The van der Waals surface area contributed by atoms with E-state index >= 15 is 0 Å². The van der Waals surface area contributed by atoms with Crippen LogP contribution in [0.1, 0.15) is 47.5 Å². The molecule has 6 atom stereocenters. The number of hydrogen-bond acceptors (Lipinski definition) is 5. The Hall–Kier alpha value is -1.59. The molecule has 0 aromatic rings. The molecule has 1 aliphatic carbocycles.